The van der Waals surface area contributed by atoms with Gasteiger partial charge < -0.3 is 48.4 Å². The molecule has 0 spiro atoms. The molecule has 0 unspecified atom stereocenters. The first kappa shape index (κ1) is 39.1. The van der Waals surface area contributed by atoms with Crippen LogP contribution in [0.1, 0.15) is 66.2 Å². The Kier molecular flexibility index (Phi) is 43.8. The molecule has 12 nitrogen and oxygen atoms in total. The molecule has 206 valence electrons. The van der Waals surface area contributed by atoms with Crippen molar-refractivity contribution >= 4 is 18.1 Å². The summed E-state index contributed by atoms with van der Waals surface area (Å²) in [5, 5.41) is 7.92. The molecule has 0 aliphatic carbocycles. The van der Waals surface area contributed by atoms with Gasteiger partial charge >= 0.3 is 12.2 Å². The number of amides is 3. The van der Waals surface area contributed by atoms with Crippen molar-refractivity contribution in [1.82, 2.24) is 16.0 Å². The molecule has 0 aromatic heterocycles. The molecule has 3 amide bonds. The highest BCUT2D eigenvalue weighted by Gasteiger charge is 2.03. The Balaban J connectivity index is -0.000000309. The van der Waals surface area contributed by atoms with Crippen LogP contribution >= 0.6 is 0 Å². The van der Waals surface area contributed by atoms with E-state index in [2.05, 4.69) is 34.5 Å². The van der Waals surface area contributed by atoms with E-state index in [1.54, 1.807) is 0 Å². The van der Waals surface area contributed by atoms with Gasteiger partial charge in [0.05, 0.1) is 19.6 Å². The molecule has 11 N–H and O–H groups in total. The predicted octanol–water partition coefficient (Wildman–Crippen LogP) is 0.769. The van der Waals surface area contributed by atoms with Gasteiger partial charge in [-0.1, -0.05) is 40.5 Å². The monoisotopic (exact) mass is 495 g/mol. The topological polar surface area (TPSA) is 210 Å². The molecule has 12 heteroatoms. The van der Waals surface area contributed by atoms with Crippen molar-refractivity contribution in [3.05, 3.63) is 0 Å². The van der Waals surface area contributed by atoms with Gasteiger partial charge in [0, 0.05) is 0 Å². The van der Waals surface area contributed by atoms with Gasteiger partial charge in [-0.05, 0) is 51.9 Å². The van der Waals surface area contributed by atoms with E-state index in [1.807, 2.05) is 13.8 Å². The highest BCUT2D eigenvalue weighted by molar-refractivity contribution is 5.78. The normalized spacial score (nSPS) is 9.03. The van der Waals surface area contributed by atoms with Crippen molar-refractivity contribution in [3.63, 3.8) is 0 Å². The molecule has 0 saturated carbocycles. The van der Waals surface area contributed by atoms with Crippen LogP contribution < -0.4 is 38.9 Å². The summed E-state index contributed by atoms with van der Waals surface area (Å²) >= 11 is 0. The highest BCUT2D eigenvalue weighted by atomic mass is 16.6. The molecule has 0 fully saturated rings. The Hall–Kier alpha value is -2.15. The molecular weight excluding hydrogens is 442 g/mol. The summed E-state index contributed by atoms with van der Waals surface area (Å²) in [7, 11) is 0. The quantitative estimate of drug-likeness (QED) is 0.150. The van der Waals surface area contributed by atoms with E-state index < -0.39 is 12.2 Å². The number of hydrogen-bond acceptors (Lipinski definition) is 9. The van der Waals surface area contributed by atoms with Crippen LogP contribution in [0.25, 0.3) is 0 Å². The SMILES string of the molecule is CC.CCCCN.CCCCN.NCCCCNCC(=O)NCCOC(=O)NCCOC(N)=O. The number of ether oxygens (including phenoxy) is 2. The standard InChI is InChI=1S/C12H25N5O5.2C4H11N.C2H6/c13-3-1-2-4-15-9-10(18)16-5-8-22-12(20)17-6-7-21-11(14)19;2*1-2-3-4-5;1-2/h15H,1-9,13H2,(H2,14,19)(H,16,18)(H,17,20);2*2-5H2,1H3;1-2H3. The lowest BCUT2D eigenvalue weighted by atomic mass is 10.3. The maximum atomic E-state index is 11.4. The van der Waals surface area contributed by atoms with E-state index in [0.717, 1.165) is 32.5 Å². The summed E-state index contributed by atoms with van der Waals surface area (Å²) in [5.74, 6) is -0.174. The first-order valence-corrected chi connectivity index (χ1v) is 12.3. The second-order valence-corrected chi connectivity index (χ2v) is 6.54. The summed E-state index contributed by atoms with van der Waals surface area (Å²) in [6.45, 7) is 11.9. The van der Waals surface area contributed by atoms with Crippen LogP contribution in [0, 0.1) is 0 Å². The minimum absolute atomic E-state index is 0.0308. The Bertz CT molecular complexity index is 420. The number of nitrogens with one attached hydrogen (secondary N) is 3. The number of alkyl carbamates (subject to hydrolysis) is 1. The summed E-state index contributed by atoms with van der Waals surface area (Å²) in [5.41, 5.74) is 20.4. The average Bonchev–Trinajstić information content (AvgIpc) is 2.82. The molecule has 0 atom stereocenters. The zero-order valence-corrected chi connectivity index (χ0v) is 22.0. The van der Waals surface area contributed by atoms with Crippen LogP contribution in [0.15, 0.2) is 0 Å². The van der Waals surface area contributed by atoms with E-state index in [4.69, 9.17) is 27.7 Å². The van der Waals surface area contributed by atoms with E-state index in [0.29, 0.717) is 6.54 Å². The molecule has 0 radical (unpaired) electrons. The van der Waals surface area contributed by atoms with Gasteiger partial charge in [-0.2, -0.15) is 0 Å². The molecule has 0 aliphatic heterocycles. The maximum absolute atomic E-state index is 11.4. The van der Waals surface area contributed by atoms with E-state index in [9.17, 15) is 14.4 Å². The van der Waals surface area contributed by atoms with Crippen molar-refractivity contribution in [2.24, 2.45) is 22.9 Å². The lowest BCUT2D eigenvalue weighted by Gasteiger charge is -2.08. The zero-order chi connectivity index (χ0) is 26.9. The molecule has 34 heavy (non-hydrogen) atoms. The minimum atomic E-state index is -0.908. The van der Waals surface area contributed by atoms with Crippen molar-refractivity contribution in [2.45, 2.75) is 66.2 Å². The lowest BCUT2D eigenvalue weighted by molar-refractivity contribution is -0.120. The Morgan fingerprint density at radius 2 is 1.21 bits per heavy atom. The number of unbranched alkanes of at least 4 members (excludes halogenated alkanes) is 3. The van der Waals surface area contributed by atoms with Gasteiger partial charge in [0.2, 0.25) is 5.91 Å². The van der Waals surface area contributed by atoms with Gasteiger partial charge in [0.15, 0.2) is 0 Å². The van der Waals surface area contributed by atoms with E-state index >= 15 is 0 Å². The molecule has 0 aliphatic rings. The molecule has 0 aromatic rings. The second kappa shape index (κ2) is 38.1. The number of rotatable bonds is 16. The van der Waals surface area contributed by atoms with Crippen molar-refractivity contribution in [2.75, 3.05) is 59.0 Å². The van der Waals surface area contributed by atoms with Gasteiger partial charge in [-0.15, -0.1) is 0 Å². The van der Waals surface area contributed by atoms with Crippen molar-refractivity contribution in [3.8, 4) is 0 Å². The van der Waals surface area contributed by atoms with Crippen molar-refractivity contribution < 1.29 is 23.9 Å². The summed E-state index contributed by atoms with van der Waals surface area (Å²) in [6, 6.07) is 0. The van der Waals surface area contributed by atoms with E-state index in [1.165, 1.54) is 25.7 Å². The van der Waals surface area contributed by atoms with Crippen LogP contribution in [0.3, 0.4) is 0 Å². The highest BCUT2D eigenvalue weighted by Crippen LogP contribution is 1.82. The number of nitrogens with two attached hydrogens (primary N) is 4. The van der Waals surface area contributed by atoms with Crippen LogP contribution in [-0.4, -0.2) is 77.1 Å². The smallest absolute Gasteiger partial charge is 0.407 e. The van der Waals surface area contributed by atoms with Crippen LogP contribution in [0.4, 0.5) is 9.59 Å². The lowest BCUT2D eigenvalue weighted by Crippen LogP contribution is -2.37. The second-order valence-electron chi connectivity index (χ2n) is 6.54. The van der Waals surface area contributed by atoms with E-state index in [-0.39, 0.29) is 38.8 Å². The fourth-order valence-corrected chi connectivity index (χ4v) is 1.76. The average molecular weight is 496 g/mol. The molecule has 0 bridgehead atoms. The molecular formula is C22H53N7O5. The van der Waals surface area contributed by atoms with Crippen molar-refractivity contribution in [1.29, 1.82) is 0 Å². The van der Waals surface area contributed by atoms with Gasteiger partial charge in [-0.25, -0.2) is 9.59 Å². The molecule has 0 aromatic carbocycles. The number of carbonyl (C=O) groups excluding carboxylic acids is 3. The first-order chi connectivity index (χ1) is 16.4. The first-order valence-electron chi connectivity index (χ1n) is 12.3. The number of carbonyl (C=O) groups is 3. The summed E-state index contributed by atoms with van der Waals surface area (Å²) < 4.78 is 9.20. The Labute approximate surface area is 206 Å². The van der Waals surface area contributed by atoms with Gasteiger partial charge in [-0.3, -0.25) is 4.79 Å². The Morgan fingerprint density at radius 1 is 0.706 bits per heavy atom. The summed E-state index contributed by atoms with van der Waals surface area (Å²) in [6.07, 6.45) is 5.04. The number of hydrogen-bond donors (Lipinski definition) is 7. The third-order valence-corrected chi connectivity index (χ3v) is 3.48. The zero-order valence-electron chi connectivity index (χ0n) is 22.0. The van der Waals surface area contributed by atoms with Gasteiger partial charge in [0.25, 0.3) is 0 Å². The molecule has 0 rings (SSSR count). The number of primary amides is 1. The maximum Gasteiger partial charge on any atom is 0.407 e. The van der Waals surface area contributed by atoms with Crippen LogP contribution in [0.5, 0.6) is 0 Å². The summed E-state index contributed by atoms with van der Waals surface area (Å²) in [4.78, 5) is 32.8. The van der Waals surface area contributed by atoms with Gasteiger partial charge in [0.1, 0.15) is 13.2 Å². The fraction of sp³-hybridized carbons (Fsp3) is 0.864. The molecule has 0 heterocycles. The largest absolute Gasteiger partial charge is 0.448 e. The van der Waals surface area contributed by atoms with Crippen LogP contribution in [-0.2, 0) is 14.3 Å². The van der Waals surface area contributed by atoms with Crippen LogP contribution in [0.2, 0.25) is 0 Å². The Morgan fingerprint density at radius 3 is 1.65 bits per heavy atom. The predicted molar refractivity (Wildman–Crippen MR) is 138 cm³/mol. The third kappa shape index (κ3) is 47.6. The fourth-order valence-electron chi connectivity index (χ4n) is 1.76. The molecule has 0 saturated heterocycles. The third-order valence-electron chi connectivity index (χ3n) is 3.48. The minimum Gasteiger partial charge on any atom is -0.448 e.